The number of halogens is 3. The van der Waals surface area contributed by atoms with Gasteiger partial charge in [0.05, 0.1) is 0 Å². The first-order valence-corrected chi connectivity index (χ1v) is 9.76. The lowest BCUT2D eigenvalue weighted by atomic mass is 9.74. The summed E-state index contributed by atoms with van der Waals surface area (Å²) in [5, 5.41) is 3.58. The van der Waals surface area contributed by atoms with Crippen LogP contribution in [0.5, 0.6) is 0 Å². The van der Waals surface area contributed by atoms with E-state index in [1.165, 1.54) is 24.3 Å². The van der Waals surface area contributed by atoms with Crippen molar-refractivity contribution in [2.75, 3.05) is 11.9 Å². The average molecular weight is 420 g/mol. The summed E-state index contributed by atoms with van der Waals surface area (Å²) in [4.78, 5) is 13.3. The fourth-order valence-corrected chi connectivity index (χ4v) is 3.89. The first-order valence-electron chi connectivity index (χ1n) is 8.64. The van der Waals surface area contributed by atoms with Gasteiger partial charge in [-0.1, -0.05) is 47.1 Å². The Morgan fingerprint density at radius 3 is 2.15 bits per heavy atom. The van der Waals surface area contributed by atoms with E-state index in [-0.39, 0.29) is 5.91 Å². The summed E-state index contributed by atoms with van der Waals surface area (Å²) in [6, 6.07) is 8.90. The summed E-state index contributed by atoms with van der Waals surface area (Å²) in [5.74, 6) is -1.04. The van der Waals surface area contributed by atoms with E-state index in [2.05, 4.69) is 21.2 Å². The van der Waals surface area contributed by atoms with Crippen molar-refractivity contribution in [2.24, 2.45) is 0 Å². The molecular formula is C21H20BrF2NO. The number of rotatable bonds is 6. The largest absolute Gasteiger partial charge is 0.355 e. The second kappa shape index (κ2) is 7.70. The molecule has 136 valence electrons. The fourth-order valence-electron chi connectivity index (χ4n) is 3.62. The van der Waals surface area contributed by atoms with Gasteiger partial charge in [0.15, 0.2) is 0 Å². The van der Waals surface area contributed by atoms with Crippen LogP contribution in [-0.2, 0) is 10.2 Å². The van der Waals surface area contributed by atoms with Crippen molar-refractivity contribution in [1.29, 1.82) is 0 Å². The van der Waals surface area contributed by atoms with Gasteiger partial charge < -0.3 is 5.32 Å². The molecule has 1 aliphatic carbocycles. The molecule has 1 N–H and O–H groups in total. The lowest BCUT2D eigenvalue weighted by molar-refractivity contribution is -0.125. The highest BCUT2D eigenvalue weighted by Crippen LogP contribution is 2.51. The highest BCUT2D eigenvalue weighted by atomic mass is 79.9. The minimum absolute atomic E-state index is 0.227. The third kappa shape index (κ3) is 3.09. The standard InChI is InChI=1S/C21H20BrF2NO/c1-2-11-25-20(26)21(9-3-4-10-22)18-12-14(23)5-7-16(18)17-8-6-15(24)13-19(17)21/h3-8,12-13H,2,9-11H2,1H3,(H,25,26)/b4-3+. The molecule has 2 aromatic carbocycles. The summed E-state index contributed by atoms with van der Waals surface area (Å²) in [7, 11) is 0. The number of amides is 1. The molecule has 26 heavy (non-hydrogen) atoms. The van der Waals surface area contributed by atoms with Gasteiger partial charge in [-0.3, -0.25) is 4.79 Å². The van der Waals surface area contributed by atoms with E-state index in [0.717, 1.165) is 17.5 Å². The Morgan fingerprint density at radius 1 is 1.08 bits per heavy atom. The zero-order valence-corrected chi connectivity index (χ0v) is 16.1. The molecule has 0 aromatic heterocycles. The summed E-state index contributed by atoms with van der Waals surface area (Å²) < 4.78 is 28.2. The molecule has 3 rings (SSSR count). The third-order valence-corrected chi connectivity index (χ3v) is 5.15. The zero-order chi connectivity index (χ0) is 18.7. The molecule has 1 amide bonds. The van der Waals surface area contributed by atoms with Crippen LogP contribution < -0.4 is 5.32 Å². The Morgan fingerprint density at radius 2 is 1.65 bits per heavy atom. The van der Waals surface area contributed by atoms with Crippen molar-refractivity contribution in [3.8, 4) is 11.1 Å². The van der Waals surface area contributed by atoms with Crippen LogP contribution in [0.15, 0.2) is 48.6 Å². The zero-order valence-electron chi connectivity index (χ0n) is 14.5. The van der Waals surface area contributed by atoms with Gasteiger partial charge in [-0.25, -0.2) is 8.78 Å². The molecule has 0 heterocycles. The molecule has 0 aliphatic heterocycles. The summed E-state index contributed by atoms with van der Waals surface area (Å²) in [6.07, 6.45) is 4.90. The number of benzene rings is 2. The molecule has 5 heteroatoms. The Hall–Kier alpha value is -2.01. The van der Waals surface area contributed by atoms with Crippen LogP contribution >= 0.6 is 15.9 Å². The minimum atomic E-state index is -1.14. The smallest absolute Gasteiger partial charge is 0.235 e. The maximum Gasteiger partial charge on any atom is 0.235 e. The van der Waals surface area contributed by atoms with Gasteiger partial charge in [0.2, 0.25) is 5.91 Å². The Balaban J connectivity index is 2.27. The van der Waals surface area contributed by atoms with E-state index >= 15 is 0 Å². The van der Waals surface area contributed by atoms with Crippen LogP contribution in [0.3, 0.4) is 0 Å². The van der Waals surface area contributed by atoms with Crippen LogP contribution in [0.1, 0.15) is 30.9 Å². The summed E-state index contributed by atoms with van der Waals surface area (Å²) >= 11 is 3.33. The first-order chi connectivity index (χ1) is 12.5. The molecule has 0 saturated carbocycles. The van der Waals surface area contributed by atoms with Gasteiger partial charge in [-0.15, -0.1) is 0 Å². The van der Waals surface area contributed by atoms with Gasteiger partial charge in [0.1, 0.15) is 17.0 Å². The molecule has 0 saturated heterocycles. The average Bonchev–Trinajstić information content (AvgIpc) is 2.89. The number of fused-ring (bicyclic) bond motifs is 3. The molecule has 2 aromatic rings. The number of hydrogen-bond acceptors (Lipinski definition) is 1. The normalized spacial score (nSPS) is 14.3. The van der Waals surface area contributed by atoms with Crippen LogP contribution in [0.2, 0.25) is 0 Å². The number of allylic oxidation sites excluding steroid dienone is 2. The van der Waals surface area contributed by atoms with Crippen LogP contribution in [0.4, 0.5) is 8.78 Å². The lowest BCUT2D eigenvalue weighted by Crippen LogP contribution is -2.44. The van der Waals surface area contributed by atoms with Gasteiger partial charge in [-0.05, 0) is 59.4 Å². The maximum absolute atomic E-state index is 14.1. The molecule has 1 aliphatic rings. The van der Waals surface area contributed by atoms with Gasteiger partial charge in [0.25, 0.3) is 0 Å². The second-order valence-corrected chi connectivity index (χ2v) is 7.02. The topological polar surface area (TPSA) is 29.1 Å². The number of carbonyl (C=O) groups excluding carboxylic acids is 1. The second-order valence-electron chi connectivity index (χ2n) is 6.37. The van der Waals surface area contributed by atoms with Crippen molar-refractivity contribution >= 4 is 21.8 Å². The Bertz CT molecular complexity index is 812. The quantitative estimate of drug-likeness (QED) is 0.512. The van der Waals surface area contributed by atoms with E-state index in [1.807, 2.05) is 19.1 Å². The molecule has 0 radical (unpaired) electrons. The molecule has 0 bridgehead atoms. The highest BCUT2D eigenvalue weighted by molar-refractivity contribution is 9.09. The van der Waals surface area contributed by atoms with Crippen molar-refractivity contribution in [1.82, 2.24) is 5.32 Å². The fraction of sp³-hybridized carbons (Fsp3) is 0.286. The summed E-state index contributed by atoms with van der Waals surface area (Å²) in [6.45, 7) is 2.48. The van der Waals surface area contributed by atoms with Crippen LogP contribution in [0, 0.1) is 11.6 Å². The lowest BCUT2D eigenvalue weighted by Gasteiger charge is -2.30. The highest BCUT2D eigenvalue weighted by Gasteiger charge is 2.48. The van der Waals surface area contributed by atoms with E-state index in [0.29, 0.717) is 29.4 Å². The SMILES string of the molecule is CCCNC(=O)C1(C/C=C/CBr)c2cc(F)ccc2-c2ccc(F)cc21. The van der Waals surface area contributed by atoms with E-state index in [4.69, 9.17) is 0 Å². The van der Waals surface area contributed by atoms with E-state index < -0.39 is 17.0 Å². The molecule has 0 atom stereocenters. The first kappa shape index (κ1) is 18.8. The number of carbonyl (C=O) groups is 1. The van der Waals surface area contributed by atoms with Crippen molar-refractivity contribution < 1.29 is 13.6 Å². The number of hydrogen-bond donors (Lipinski definition) is 1. The predicted octanol–water partition coefficient (Wildman–Crippen LogP) is 5.10. The van der Waals surface area contributed by atoms with E-state index in [9.17, 15) is 13.6 Å². The van der Waals surface area contributed by atoms with Crippen LogP contribution in [-0.4, -0.2) is 17.8 Å². The van der Waals surface area contributed by atoms with Gasteiger partial charge in [0, 0.05) is 11.9 Å². The number of nitrogens with one attached hydrogen (secondary N) is 1. The van der Waals surface area contributed by atoms with Crippen molar-refractivity contribution in [2.45, 2.75) is 25.2 Å². The Labute approximate surface area is 160 Å². The molecule has 0 unspecified atom stereocenters. The molecule has 0 spiro atoms. The molecular weight excluding hydrogens is 400 g/mol. The van der Waals surface area contributed by atoms with Gasteiger partial charge >= 0.3 is 0 Å². The Kier molecular flexibility index (Phi) is 5.56. The van der Waals surface area contributed by atoms with E-state index in [1.54, 1.807) is 12.1 Å². The predicted molar refractivity (Wildman–Crippen MR) is 103 cm³/mol. The minimum Gasteiger partial charge on any atom is -0.355 e. The van der Waals surface area contributed by atoms with Crippen molar-refractivity contribution in [3.63, 3.8) is 0 Å². The number of alkyl halides is 1. The third-order valence-electron chi connectivity index (χ3n) is 4.78. The maximum atomic E-state index is 14.1. The monoisotopic (exact) mass is 419 g/mol. The van der Waals surface area contributed by atoms with Gasteiger partial charge in [-0.2, -0.15) is 0 Å². The summed E-state index contributed by atoms with van der Waals surface area (Å²) in [5.41, 5.74) is 1.60. The van der Waals surface area contributed by atoms with Crippen LogP contribution in [0.25, 0.3) is 11.1 Å². The molecule has 2 nitrogen and oxygen atoms in total. The molecule has 0 fully saturated rings. The van der Waals surface area contributed by atoms with Crippen molar-refractivity contribution in [3.05, 3.63) is 71.3 Å².